The van der Waals surface area contributed by atoms with E-state index in [0.717, 1.165) is 6.42 Å². The quantitative estimate of drug-likeness (QED) is 0.774. The number of aryl methyl sites for hydroxylation is 1. The monoisotopic (exact) mass is 246 g/mol. The highest BCUT2D eigenvalue weighted by molar-refractivity contribution is 7.85. The first kappa shape index (κ1) is 15.1. The topological polar surface area (TPSA) is 74.6 Å². The zero-order chi connectivity index (χ0) is 12.8. The van der Waals surface area contributed by atoms with Gasteiger partial charge in [-0.05, 0) is 25.8 Å². The molecule has 5 heteroatoms. The van der Waals surface area contributed by atoms with Crippen molar-refractivity contribution >= 4 is 10.1 Å². The molecule has 0 bridgehead atoms. The minimum absolute atomic E-state index is 0.238. The van der Waals surface area contributed by atoms with Crippen LogP contribution in [0, 0.1) is 6.92 Å². The average molecular weight is 246 g/mol. The molecule has 16 heavy (non-hydrogen) atoms. The van der Waals surface area contributed by atoms with E-state index in [4.69, 9.17) is 9.66 Å². The van der Waals surface area contributed by atoms with Gasteiger partial charge in [0.25, 0.3) is 10.1 Å². The Morgan fingerprint density at radius 2 is 1.62 bits per heavy atom. The molecule has 0 aromatic heterocycles. The second-order valence-corrected chi connectivity index (χ2v) is 5.24. The number of hydrogen-bond donors (Lipinski definition) is 2. The maximum atomic E-state index is 9.19. The fourth-order valence-corrected chi connectivity index (χ4v) is 1.07. The maximum absolute atomic E-state index is 9.19. The fraction of sp³-hybridized carbons (Fsp3) is 0.455. The zero-order valence-electron chi connectivity index (χ0n) is 9.71. The van der Waals surface area contributed by atoms with Gasteiger partial charge in [0.05, 0.1) is 12.4 Å². The first-order valence-electron chi connectivity index (χ1n) is 4.84. The fourth-order valence-electron chi connectivity index (χ4n) is 1.07. The number of benzene rings is 1. The minimum Gasteiger partial charge on any atom is -0.393 e. The van der Waals surface area contributed by atoms with Gasteiger partial charge in [-0.3, -0.25) is 4.55 Å². The number of aliphatic hydroxyl groups excluding tert-OH is 1. The van der Waals surface area contributed by atoms with Crippen LogP contribution in [0.5, 0.6) is 0 Å². The summed E-state index contributed by atoms with van der Waals surface area (Å²) < 4.78 is 25.9. The molecule has 0 saturated carbocycles. The van der Waals surface area contributed by atoms with E-state index >= 15 is 0 Å². The second-order valence-electron chi connectivity index (χ2n) is 3.77. The summed E-state index contributed by atoms with van der Waals surface area (Å²) in [6, 6.07) is 8.25. The third kappa shape index (κ3) is 11.2. The van der Waals surface area contributed by atoms with Crippen molar-refractivity contribution in [2.45, 2.75) is 26.4 Å². The van der Waals surface area contributed by atoms with E-state index in [9.17, 15) is 8.42 Å². The molecule has 0 aliphatic heterocycles. The standard InChI is InChI=1S/C10H14O.CH4O3S/c1-8-3-5-10(6-4-8)7-9(2)11;1-5(2,3)4/h3-6,9,11H,7H2,1-2H3;1H3,(H,2,3,4). The van der Waals surface area contributed by atoms with Gasteiger partial charge in [-0.1, -0.05) is 29.8 Å². The molecule has 1 aromatic rings. The van der Waals surface area contributed by atoms with Crippen molar-refractivity contribution in [2.24, 2.45) is 0 Å². The van der Waals surface area contributed by atoms with E-state index in [2.05, 4.69) is 31.2 Å². The molecular formula is C11H18O4S. The molecule has 0 aliphatic carbocycles. The summed E-state index contributed by atoms with van der Waals surface area (Å²) in [6.45, 7) is 3.87. The van der Waals surface area contributed by atoms with Crippen molar-refractivity contribution in [3.05, 3.63) is 35.4 Å². The highest BCUT2D eigenvalue weighted by atomic mass is 32.2. The first-order chi connectivity index (χ1) is 7.18. The van der Waals surface area contributed by atoms with Gasteiger partial charge in [-0.2, -0.15) is 8.42 Å². The Labute approximate surface area is 96.7 Å². The smallest absolute Gasteiger partial charge is 0.261 e. The Bertz CT molecular complexity index is 384. The van der Waals surface area contributed by atoms with Gasteiger partial charge in [-0.25, -0.2) is 0 Å². The summed E-state index contributed by atoms with van der Waals surface area (Å²) in [5.41, 5.74) is 2.46. The molecule has 1 atom stereocenters. The van der Waals surface area contributed by atoms with Gasteiger partial charge in [0, 0.05) is 0 Å². The molecule has 1 unspecified atom stereocenters. The Hall–Kier alpha value is -0.910. The number of rotatable bonds is 2. The van der Waals surface area contributed by atoms with Crippen molar-refractivity contribution < 1.29 is 18.1 Å². The Kier molecular flexibility index (Phi) is 6.25. The molecule has 0 amide bonds. The van der Waals surface area contributed by atoms with Crippen LogP contribution in [0.25, 0.3) is 0 Å². The van der Waals surface area contributed by atoms with Gasteiger partial charge >= 0.3 is 0 Å². The molecule has 0 heterocycles. The van der Waals surface area contributed by atoms with Crippen molar-refractivity contribution in [1.82, 2.24) is 0 Å². The lowest BCUT2D eigenvalue weighted by Gasteiger charge is -2.03. The summed E-state index contributed by atoms with van der Waals surface area (Å²) in [5, 5.41) is 9.08. The first-order valence-corrected chi connectivity index (χ1v) is 6.69. The van der Waals surface area contributed by atoms with Gasteiger partial charge in [0.15, 0.2) is 0 Å². The SMILES string of the molecule is CS(=O)(=O)O.Cc1ccc(CC(C)O)cc1. The molecule has 0 saturated heterocycles. The molecule has 0 radical (unpaired) electrons. The van der Waals surface area contributed by atoms with Gasteiger partial charge in [0.1, 0.15) is 0 Å². The predicted octanol–water partition coefficient (Wildman–Crippen LogP) is 1.42. The molecule has 0 aliphatic rings. The lowest BCUT2D eigenvalue weighted by molar-refractivity contribution is 0.195. The van der Waals surface area contributed by atoms with Crippen molar-refractivity contribution in [2.75, 3.05) is 6.26 Å². The molecular weight excluding hydrogens is 228 g/mol. The highest BCUT2D eigenvalue weighted by Gasteiger charge is 1.96. The zero-order valence-corrected chi connectivity index (χ0v) is 10.5. The Morgan fingerprint density at radius 1 is 1.25 bits per heavy atom. The van der Waals surface area contributed by atoms with Gasteiger partial charge in [0.2, 0.25) is 0 Å². The lowest BCUT2D eigenvalue weighted by Crippen LogP contribution is -2.03. The van der Waals surface area contributed by atoms with E-state index < -0.39 is 10.1 Å². The molecule has 1 aromatic carbocycles. The third-order valence-corrected chi connectivity index (χ3v) is 1.65. The third-order valence-electron chi connectivity index (χ3n) is 1.65. The predicted molar refractivity (Wildman–Crippen MR) is 64.0 cm³/mol. The van der Waals surface area contributed by atoms with Crippen LogP contribution >= 0.6 is 0 Å². The second kappa shape index (κ2) is 6.62. The number of aliphatic hydroxyl groups is 1. The van der Waals surface area contributed by atoms with E-state index in [0.29, 0.717) is 6.26 Å². The van der Waals surface area contributed by atoms with Crippen LogP contribution in [-0.2, 0) is 16.5 Å². The summed E-state index contributed by atoms with van der Waals surface area (Å²) in [6.07, 6.45) is 1.23. The van der Waals surface area contributed by atoms with E-state index in [1.165, 1.54) is 11.1 Å². The van der Waals surface area contributed by atoms with Crippen LogP contribution < -0.4 is 0 Å². The van der Waals surface area contributed by atoms with Crippen LogP contribution in [0.2, 0.25) is 0 Å². The summed E-state index contributed by atoms with van der Waals surface area (Å²) in [4.78, 5) is 0. The van der Waals surface area contributed by atoms with Crippen LogP contribution in [0.3, 0.4) is 0 Å². The lowest BCUT2D eigenvalue weighted by atomic mass is 10.1. The molecule has 1 rings (SSSR count). The Morgan fingerprint density at radius 3 is 1.94 bits per heavy atom. The highest BCUT2D eigenvalue weighted by Crippen LogP contribution is 2.05. The van der Waals surface area contributed by atoms with E-state index in [1.807, 2.05) is 0 Å². The van der Waals surface area contributed by atoms with Crippen LogP contribution in [0.1, 0.15) is 18.1 Å². The number of hydrogen-bond acceptors (Lipinski definition) is 3. The largest absolute Gasteiger partial charge is 0.393 e. The summed E-state index contributed by atoms with van der Waals surface area (Å²) in [5.74, 6) is 0. The summed E-state index contributed by atoms with van der Waals surface area (Å²) >= 11 is 0. The maximum Gasteiger partial charge on any atom is 0.261 e. The van der Waals surface area contributed by atoms with E-state index in [1.54, 1.807) is 6.92 Å². The molecule has 92 valence electrons. The van der Waals surface area contributed by atoms with Gasteiger partial charge < -0.3 is 5.11 Å². The molecule has 0 spiro atoms. The van der Waals surface area contributed by atoms with E-state index in [-0.39, 0.29) is 6.10 Å². The Balaban J connectivity index is 0.000000385. The molecule has 0 fully saturated rings. The van der Waals surface area contributed by atoms with Crippen molar-refractivity contribution in [3.63, 3.8) is 0 Å². The molecule has 4 nitrogen and oxygen atoms in total. The normalized spacial score (nSPS) is 12.6. The summed E-state index contributed by atoms with van der Waals surface area (Å²) in [7, 11) is -3.67. The minimum atomic E-state index is -3.67. The van der Waals surface area contributed by atoms with Crippen LogP contribution in [-0.4, -0.2) is 30.4 Å². The average Bonchev–Trinajstić information content (AvgIpc) is 2.05. The van der Waals surface area contributed by atoms with Gasteiger partial charge in [-0.15, -0.1) is 0 Å². The van der Waals surface area contributed by atoms with Crippen molar-refractivity contribution in [1.29, 1.82) is 0 Å². The van der Waals surface area contributed by atoms with Crippen molar-refractivity contribution in [3.8, 4) is 0 Å². The molecule has 2 N–H and O–H groups in total. The van der Waals surface area contributed by atoms with Crippen LogP contribution in [0.15, 0.2) is 24.3 Å². The van der Waals surface area contributed by atoms with Crippen LogP contribution in [0.4, 0.5) is 0 Å².